The molecule has 1 fully saturated rings. The first-order valence-corrected chi connectivity index (χ1v) is 17.0. The summed E-state index contributed by atoms with van der Waals surface area (Å²) in [5.41, 5.74) is 2.27. The van der Waals surface area contributed by atoms with Crippen LogP contribution in [0, 0.1) is 0 Å². The summed E-state index contributed by atoms with van der Waals surface area (Å²) >= 11 is 0.458. The second-order valence-electron chi connectivity index (χ2n) is 11.3. The van der Waals surface area contributed by atoms with E-state index >= 15 is 0 Å². The van der Waals surface area contributed by atoms with Gasteiger partial charge in [0.05, 0.1) is 5.36 Å². The molecule has 0 atom stereocenters. The topological polar surface area (TPSA) is 180 Å². The van der Waals surface area contributed by atoms with Crippen molar-refractivity contribution in [3.05, 3.63) is 53.9 Å². The highest BCUT2D eigenvalue weighted by Gasteiger charge is 2.32. The molecule has 244 valence electrons. The zero-order chi connectivity index (χ0) is 33.5. The molecule has 3 aromatic rings. The van der Waals surface area contributed by atoms with Crippen LogP contribution in [0.25, 0.3) is 44.1 Å². The molecule has 0 aromatic heterocycles. The number of unbranched alkanes of at least 4 members (excludes halogenated alkanes) is 2. The number of benzene rings is 4. The van der Waals surface area contributed by atoms with E-state index in [-0.39, 0.29) is 46.8 Å². The lowest BCUT2D eigenvalue weighted by Gasteiger charge is -2.17. The molecule has 0 unspecified atom stereocenters. The smallest absolute Gasteiger partial charge is 0.333 e. The molecule has 6 rings (SSSR count). The van der Waals surface area contributed by atoms with Crippen LogP contribution in [0.2, 0.25) is 0 Å². The number of hydroxylamine groups is 2. The minimum Gasteiger partial charge on any atom is -0.453 e. The average Bonchev–Trinajstić information content (AvgIpc) is 3.35. The Morgan fingerprint density at radius 3 is 2.51 bits per heavy atom. The first kappa shape index (κ1) is 32.4. The van der Waals surface area contributed by atoms with Crippen molar-refractivity contribution in [1.29, 1.82) is 0 Å². The standard InChI is InChI=1S/C32H30N4O9S2/c1-35(2)18-10-11-22-24(15-18)44-25-17-23(33-14-5-3-4-9-29(39)45-36-27(37)12-13-28(36)38)30-21(31(25)34-22)16-20-19(32(30)47(41,42)43)7-6-8-26(20)46-40/h6-8,10-11,15-17,40H,3-5,9,12-14H2,1-2H3,(H,41,42,43)/b33-23-. The van der Waals surface area contributed by atoms with E-state index in [1.165, 1.54) is 0 Å². The maximum Gasteiger partial charge on any atom is 0.333 e. The summed E-state index contributed by atoms with van der Waals surface area (Å²) in [7, 11) is -1.01. The summed E-state index contributed by atoms with van der Waals surface area (Å²) in [5.74, 6) is -1.43. The van der Waals surface area contributed by atoms with Crippen LogP contribution in [0.5, 0.6) is 0 Å². The molecule has 2 heterocycles. The quantitative estimate of drug-likeness (QED) is 0.0494. The number of carbonyl (C=O) groups is 3. The van der Waals surface area contributed by atoms with Crippen molar-refractivity contribution < 1.29 is 41.2 Å². The zero-order valence-electron chi connectivity index (χ0n) is 25.4. The minimum atomic E-state index is -4.81. The van der Waals surface area contributed by atoms with Crippen LogP contribution in [-0.2, 0) is 29.3 Å². The van der Waals surface area contributed by atoms with E-state index < -0.39 is 27.9 Å². The maximum atomic E-state index is 13.0. The Balaban J connectivity index is 1.41. The summed E-state index contributed by atoms with van der Waals surface area (Å²) in [5, 5.41) is 1.89. The number of anilines is 1. The predicted octanol–water partition coefficient (Wildman–Crippen LogP) is 5.19. The monoisotopic (exact) mass is 678 g/mol. The van der Waals surface area contributed by atoms with Gasteiger partial charge >= 0.3 is 5.97 Å². The molecule has 1 saturated heterocycles. The van der Waals surface area contributed by atoms with E-state index in [4.69, 9.17) is 19.2 Å². The molecular formula is C32H30N4O9S2. The maximum absolute atomic E-state index is 13.0. The fraction of sp³-hybridized carbons (Fsp3) is 0.281. The molecule has 3 aromatic carbocycles. The highest BCUT2D eigenvalue weighted by atomic mass is 32.2. The van der Waals surface area contributed by atoms with Crippen LogP contribution in [0.1, 0.15) is 38.5 Å². The molecule has 2 amide bonds. The van der Waals surface area contributed by atoms with Crippen molar-refractivity contribution in [2.75, 3.05) is 25.5 Å². The van der Waals surface area contributed by atoms with Gasteiger partial charge in [0.25, 0.3) is 21.9 Å². The molecule has 13 nitrogen and oxygen atoms in total. The molecular weight excluding hydrogens is 649 g/mol. The molecule has 1 aliphatic carbocycles. The van der Waals surface area contributed by atoms with Crippen molar-refractivity contribution in [3.8, 4) is 11.5 Å². The summed E-state index contributed by atoms with van der Waals surface area (Å²) in [4.78, 5) is 51.9. The lowest BCUT2D eigenvalue weighted by molar-refractivity contribution is -0.197. The van der Waals surface area contributed by atoms with Gasteiger partial charge in [-0.1, -0.05) is 18.6 Å². The molecule has 0 radical (unpaired) electrons. The molecule has 0 saturated carbocycles. The summed E-state index contributed by atoms with van der Waals surface area (Å²) in [6, 6.07) is 13.6. The van der Waals surface area contributed by atoms with Gasteiger partial charge in [-0.2, -0.15) is 8.42 Å². The Morgan fingerprint density at radius 1 is 1.04 bits per heavy atom. The molecule has 0 spiro atoms. The molecule has 47 heavy (non-hydrogen) atoms. The lowest BCUT2D eigenvalue weighted by Crippen LogP contribution is -2.31. The number of hydrogen-bond acceptors (Lipinski definition) is 12. The zero-order valence-corrected chi connectivity index (χ0v) is 27.1. The SMILES string of the molecule is CN(C)c1ccc2nc3c4cc5c(SO)cccc5c(S(=O)(=O)O)c4/c(=N\CCCCCC(=O)ON4C(=O)CCC4=O)cc-3oc2c1. The van der Waals surface area contributed by atoms with Gasteiger partial charge in [0.15, 0.2) is 11.3 Å². The Labute approximate surface area is 273 Å². The summed E-state index contributed by atoms with van der Waals surface area (Å²) in [6.07, 6.45) is 1.49. The Bertz CT molecular complexity index is 2220. The number of carbonyl (C=O) groups excluding carboxylic acids is 3. The van der Waals surface area contributed by atoms with E-state index in [1.807, 2.05) is 31.1 Å². The predicted molar refractivity (Wildman–Crippen MR) is 174 cm³/mol. The molecule has 2 aliphatic heterocycles. The van der Waals surface area contributed by atoms with Crippen LogP contribution < -0.4 is 10.3 Å². The lowest BCUT2D eigenvalue weighted by atomic mass is 9.99. The summed E-state index contributed by atoms with van der Waals surface area (Å²) in [6.45, 7) is 0.236. The average molecular weight is 679 g/mol. The van der Waals surface area contributed by atoms with E-state index in [0.29, 0.717) is 74.6 Å². The number of rotatable bonds is 10. The fourth-order valence-corrected chi connectivity index (χ4v) is 6.96. The van der Waals surface area contributed by atoms with E-state index in [1.54, 1.807) is 36.4 Å². The second kappa shape index (κ2) is 12.9. The van der Waals surface area contributed by atoms with Crippen molar-refractivity contribution in [2.24, 2.45) is 4.99 Å². The van der Waals surface area contributed by atoms with Gasteiger partial charge in [-0.3, -0.25) is 19.1 Å². The number of amides is 2. The number of fused-ring (bicyclic) bond motifs is 5. The van der Waals surface area contributed by atoms with E-state index in [9.17, 15) is 31.9 Å². The van der Waals surface area contributed by atoms with Crippen molar-refractivity contribution in [1.82, 2.24) is 10.0 Å². The Kier molecular flexibility index (Phi) is 8.89. The van der Waals surface area contributed by atoms with Crippen LogP contribution in [-0.4, -0.2) is 66.0 Å². The van der Waals surface area contributed by atoms with Gasteiger partial charge in [0.1, 0.15) is 16.1 Å². The van der Waals surface area contributed by atoms with Gasteiger partial charge < -0.3 is 18.7 Å². The van der Waals surface area contributed by atoms with Gasteiger partial charge in [-0.15, -0.1) is 5.06 Å². The van der Waals surface area contributed by atoms with Gasteiger partial charge in [-0.05, 0) is 42.5 Å². The van der Waals surface area contributed by atoms with Crippen LogP contribution >= 0.6 is 12.0 Å². The molecule has 0 bridgehead atoms. The van der Waals surface area contributed by atoms with Crippen LogP contribution in [0.4, 0.5) is 5.69 Å². The van der Waals surface area contributed by atoms with Crippen LogP contribution in [0.3, 0.4) is 0 Å². The number of aromatic nitrogens is 1. The third-order valence-electron chi connectivity index (χ3n) is 7.90. The molecule has 2 N–H and O–H groups in total. The fourth-order valence-electron chi connectivity index (χ4n) is 5.62. The highest BCUT2D eigenvalue weighted by Crippen LogP contribution is 2.39. The second-order valence-corrected chi connectivity index (χ2v) is 13.3. The third kappa shape index (κ3) is 6.39. The van der Waals surface area contributed by atoms with Crippen LogP contribution in [0.15, 0.2) is 67.7 Å². The van der Waals surface area contributed by atoms with Gasteiger partial charge in [-0.25, -0.2) is 9.78 Å². The minimum absolute atomic E-state index is 0.00732. The third-order valence-corrected chi connectivity index (χ3v) is 9.39. The first-order valence-electron chi connectivity index (χ1n) is 14.8. The largest absolute Gasteiger partial charge is 0.453 e. The molecule has 15 heteroatoms. The van der Waals surface area contributed by atoms with Crippen molar-refractivity contribution in [2.45, 2.75) is 48.3 Å². The van der Waals surface area contributed by atoms with Gasteiger partial charge in [0.2, 0.25) is 0 Å². The van der Waals surface area contributed by atoms with E-state index in [0.717, 1.165) is 5.69 Å². The van der Waals surface area contributed by atoms with Gasteiger partial charge in [0, 0.05) is 90.8 Å². The molecule has 3 aliphatic rings. The summed E-state index contributed by atoms with van der Waals surface area (Å²) < 4.78 is 52.9. The first-order chi connectivity index (χ1) is 22.5. The normalized spacial score (nSPS) is 14.3. The number of nitrogens with zero attached hydrogens (tertiary/aromatic N) is 4. The Hall–Kier alpha value is -4.57. The van der Waals surface area contributed by atoms with E-state index in [2.05, 4.69) is 0 Å². The van der Waals surface area contributed by atoms with Crippen molar-refractivity contribution >= 4 is 78.3 Å². The number of imide groups is 1. The highest BCUT2D eigenvalue weighted by molar-refractivity contribution is 7.94. The number of hydrogen-bond donors (Lipinski definition) is 2. The Morgan fingerprint density at radius 2 is 1.81 bits per heavy atom. The van der Waals surface area contributed by atoms with Crippen molar-refractivity contribution in [3.63, 3.8) is 0 Å².